The van der Waals surface area contributed by atoms with Crippen molar-refractivity contribution in [1.82, 2.24) is 9.78 Å². The Morgan fingerprint density at radius 1 is 1.75 bits per heavy atom. The molecule has 0 N–H and O–H groups in total. The van der Waals surface area contributed by atoms with Crippen LogP contribution in [0.15, 0.2) is 6.07 Å². The third-order valence-electron chi connectivity index (χ3n) is 2.45. The molecule has 1 aromatic rings. The van der Waals surface area contributed by atoms with Gasteiger partial charge >= 0.3 is 0 Å². The normalized spacial score (nSPS) is 16.9. The van der Waals surface area contributed by atoms with Crippen LogP contribution in [0.5, 0.6) is 0 Å². The molecule has 0 atom stereocenters. The fourth-order valence-corrected chi connectivity index (χ4v) is 1.54. The minimum atomic E-state index is 0.579. The maximum Gasteiger partial charge on any atom is 0.113 e. The van der Waals surface area contributed by atoms with E-state index in [4.69, 9.17) is 6.42 Å². The van der Waals surface area contributed by atoms with E-state index in [1.807, 2.05) is 10.7 Å². The van der Waals surface area contributed by atoms with Crippen LogP contribution < -0.4 is 0 Å². The van der Waals surface area contributed by atoms with Gasteiger partial charge in [-0.15, -0.1) is 6.42 Å². The Balaban J connectivity index is 2.19. The highest BCUT2D eigenvalue weighted by atomic mass is 15.3. The molecule has 0 amide bonds. The van der Waals surface area contributed by atoms with Gasteiger partial charge in [-0.05, 0) is 18.9 Å². The van der Waals surface area contributed by atoms with E-state index < -0.39 is 0 Å². The molecular weight excluding hydrogens is 148 g/mol. The van der Waals surface area contributed by atoms with Crippen molar-refractivity contribution in [3.63, 3.8) is 0 Å². The van der Waals surface area contributed by atoms with Crippen LogP contribution in [0.1, 0.15) is 30.9 Å². The van der Waals surface area contributed by atoms with Gasteiger partial charge < -0.3 is 0 Å². The molecule has 1 radical (unpaired) electrons. The summed E-state index contributed by atoms with van der Waals surface area (Å²) in [6.07, 6.45) is 12.0. The first-order valence-corrected chi connectivity index (χ1v) is 4.29. The average Bonchev–Trinajstić information content (AvgIpc) is 2.35. The van der Waals surface area contributed by atoms with Gasteiger partial charge in [-0.2, -0.15) is 5.10 Å². The Morgan fingerprint density at radius 3 is 3.17 bits per heavy atom. The number of hydrogen-bond donors (Lipinski definition) is 0. The molecule has 0 aliphatic heterocycles. The molecule has 1 aliphatic carbocycles. The molecule has 1 fully saturated rings. The van der Waals surface area contributed by atoms with Crippen molar-refractivity contribution < 1.29 is 0 Å². The van der Waals surface area contributed by atoms with Crippen LogP contribution in [0.25, 0.3) is 0 Å². The molecule has 1 heterocycles. The molecule has 0 spiro atoms. The van der Waals surface area contributed by atoms with E-state index in [9.17, 15) is 0 Å². The first kappa shape index (κ1) is 7.42. The van der Waals surface area contributed by atoms with Gasteiger partial charge in [0, 0.05) is 11.6 Å². The largest absolute Gasteiger partial charge is 0.257 e. The van der Waals surface area contributed by atoms with Crippen molar-refractivity contribution in [3.8, 4) is 12.3 Å². The van der Waals surface area contributed by atoms with Crippen molar-refractivity contribution >= 4 is 0 Å². The lowest BCUT2D eigenvalue weighted by atomic mass is 9.83. The van der Waals surface area contributed by atoms with Crippen LogP contribution in [0.2, 0.25) is 0 Å². The summed E-state index contributed by atoms with van der Waals surface area (Å²) in [5.41, 5.74) is 1.26. The third kappa shape index (κ3) is 1.12. The second kappa shape index (κ2) is 3.02. The lowest BCUT2D eigenvalue weighted by Gasteiger charge is -2.25. The molecular formula is C10H11N2. The monoisotopic (exact) mass is 159 g/mol. The van der Waals surface area contributed by atoms with E-state index in [-0.39, 0.29) is 0 Å². The van der Waals surface area contributed by atoms with E-state index in [0.29, 0.717) is 12.5 Å². The average molecular weight is 159 g/mol. The second-order valence-electron chi connectivity index (χ2n) is 3.19. The Morgan fingerprint density at radius 2 is 2.58 bits per heavy atom. The summed E-state index contributed by atoms with van der Waals surface area (Å²) < 4.78 is 1.88. The number of hydrogen-bond acceptors (Lipinski definition) is 1. The molecule has 0 bridgehead atoms. The van der Waals surface area contributed by atoms with Gasteiger partial charge in [-0.1, -0.05) is 12.3 Å². The van der Waals surface area contributed by atoms with Crippen molar-refractivity contribution in [2.24, 2.45) is 0 Å². The Labute approximate surface area is 72.6 Å². The SMILES string of the molecule is C#CCn1n[c]cc1C1CCC1. The van der Waals surface area contributed by atoms with E-state index >= 15 is 0 Å². The summed E-state index contributed by atoms with van der Waals surface area (Å²) in [6, 6.07) is 1.96. The van der Waals surface area contributed by atoms with E-state index in [1.54, 1.807) is 0 Å². The molecule has 1 saturated carbocycles. The number of nitrogens with zero attached hydrogens (tertiary/aromatic N) is 2. The number of rotatable bonds is 2. The van der Waals surface area contributed by atoms with Crippen LogP contribution in [0.4, 0.5) is 0 Å². The summed E-state index contributed by atoms with van der Waals surface area (Å²) in [7, 11) is 0. The van der Waals surface area contributed by atoms with Gasteiger partial charge in [0.15, 0.2) is 0 Å². The van der Waals surface area contributed by atoms with Crippen LogP contribution in [0, 0.1) is 18.5 Å². The number of terminal acetylenes is 1. The van der Waals surface area contributed by atoms with Crippen LogP contribution >= 0.6 is 0 Å². The fraction of sp³-hybridized carbons (Fsp3) is 0.500. The predicted octanol–water partition coefficient (Wildman–Crippen LogP) is 1.58. The third-order valence-corrected chi connectivity index (χ3v) is 2.45. The lowest BCUT2D eigenvalue weighted by molar-refractivity contribution is 0.394. The minimum absolute atomic E-state index is 0.579. The van der Waals surface area contributed by atoms with Gasteiger partial charge in [-0.25, -0.2) is 0 Å². The van der Waals surface area contributed by atoms with Crippen LogP contribution in [-0.4, -0.2) is 9.78 Å². The summed E-state index contributed by atoms with van der Waals surface area (Å²) in [6.45, 7) is 0.579. The molecule has 61 valence electrons. The smallest absolute Gasteiger partial charge is 0.113 e. The standard InChI is InChI=1S/C10H11N2/c1-2-8-12-10(6-7-11-12)9-4-3-5-9/h1,6,9H,3-5,8H2. The molecule has 2 rings (SSSR count). The van der Waals surface area contributed by atoms with Gasteiger partial charge in [0.1, 0.15) is 12.7 Å². The highest BCUT2D eigenvalue weighted by Crippen LogP contribution is 2.35. The van der Waals surface area contributed by atoms with E-state index in [0.717, 1.165) is 0 Å². The first-order valence-electron chi connectivity index (χ1n) is 4.29. The summed E-state index contributed by atoms with van der Waals surface area (Å²) >= 11 is 0. The number of aromatic nitrogens is 2. The first-order chi connectivity index (χ1) is 5.92. The summed E-state index contributed by atoms with van der Waals surface area (Å²) in [5.74, 6) is 3.29. The van der Waals surface area contributed by atoms with Crippen LogP contribution in [0.3, 0.4) is 0 Å². The zero-order chi connectivity index (χ0) is 8.39. The molecule has 0 saturated heterocycles. The van der Waals surface area contributed by atoms with Crippen molar-refractivity contribution in [2.75, 3.05) is 0 Å². The quantitative estimate of drug-likeness (QED) is 0.599. The van der Waals surface area contributed by atoms with Gasteiger partial charge in [0.05, 0.1) is 0 Å². The molecule has 1 aliphatic rings. The Bertz CT molecular complexity index is 302. The summed E-state index contributed by atoms with van der Waals surface area (Å²) in [4.78, 5) is 0. The minimum Gasteiger partial charge on any atom is -0.257 e. The zero-order valence-corrected chi connectivity index (χ0v) is 6.95. The maximum absolute atomic E-state index is 5.22. The van der Waals surface area contributed by atoms with Gasteiger partial charge in [0.25, 0.3) is 0 Å². The van der Waals surface area contributed by atoms with Crippen molar-refractivity contribution in [1.29, 1.82) is 0 Å². The molecule has 12 heavy (non-hydrogen) atoms. The Kier molecular flexibility index (Phi) is 1.87. The lowest BCUT2D eigenvalue weighted by Crippen LogP contribution is -2.14. The predicted molar refractivity (Wildman–Crippen MR) is 46.5 cm³/mol. The van der Waals surface area contributed by atoms with E-state index in [2.05, 4.69) is 17.2 Å². The van der Waals surface area contributed by atoms with E-state index in [1.165, 1.54) is 25.0 Å². The highest BCUT2D eigenvalue weighted by molar-refractivity contribution is 5.11. The van der Waals surface area contributed by atoms with Crippen molar-refractivity contribution in [3.05, 3.63) is 18.0 Å². The highest BCUT2D eigenvalue weighted by Gasteiger charge is 2.22. The zero-order valence-electron chi connectivity index (χ0n) is 6.95. The summed E-state index contributed by atoms with van der Waals surface area (Å²) in [5, 5.41) is 4.06. The van der Waals surface area contributed by atoms with Gasteiger partial charge in [0.2, 0.25) is 0 Å². The van der Waals surface area contributed by atoms with Crippen molar-refractivity contribution in [2.45, 2.75) is 31.7 Å². The fourth-order valence-electron chi connectivity index (χ4n) is 1.54. The Hall–Kier alpha value is -1.23. The molecule has 1 aromatic heterocycles. The van der Waals surface area contributed by atoms with Crippen LogP contribution in [-0.2, 0) is 6.54 Å². The molecule has 0 aromatic carbocycles. The molecule has 2 heteroatoms. The molecule has 2 nitrogen and oxygen atoms in total. The van der Waals surface area contributed by atoms with Gasteiger partial charge in [-0.3, -0.25) is 4.68 Å². The topological polar surface area (TPSA) is 17.8 Å². The second-order valence-corrected chi connectivity index (χ2v) is 3.19. The maximum atomic E-state index is 5.22. The molecule has 0 unspecified atom stereocenters.